The van der Waals surface area contributed by atoms with Gasteiger partial charge in [0.2, 0.25) is 5.91 Å². The van der Waals surface area contributed by atoms with E-state index in [9.17, 15) is 9.59 Å². The lowest BCUT2D eigenvalue weighted by molar-refractivity contribution is -0.146. The van der Waals surface area contributed by atoms with E-state index < -0.39 is 0 Å². The van der Waals surface area contributed by atoms with Crippen molar-refractivity contribution >= 4 is 11.9 Å². The van der Waals surface area contributed by atoms with E-state index in [4.69, 9.17) is 0 Å². The fourth-order valence-electron chi connectivity index (χ4n) is 1.32. The Kier molecular flexibility index (Phi) is 6.46. The first-order valence-electron chi connectivity index (χ1n) is 5.44. The quantitative estimate of drug-likeness (QED) is 0.529. The number of carbonyl (C=O) groups excluding carboxylic acids is 2. The molecule has 1 amide bonds. The Balaban J connectivity index is 4.47. The van der Waals surface area contributed by atoms with Gasteiger partial charge in [-0.3, -0.25) is 9.59 Å². The molecule has 0 fully saturated rings. The molecule has 0 N–H and O–H groups in total. The molecule has 0 radical (unpaired) electrons. The monoisotopic (exact) mass is 227 g/mol. The molecular formula is C12H21NO3. The Morgan fingerprint density at radius 2 is 1.94 bits per heavy atom. The molecule has 92 valence electrons. The van der Waals surface area contributed by atoms with Crippen molar-refractivity contribution in [2.45, 2.75) is 27.7 Å². The Morgan fingerprint density at radius 1 is 1.38 bits per heavy atom. The maximum absolute atomic E-state index is 11.7. The summed E-state index contributed by atoms with van der Waals surface area (Å²) in [7, 11) is 1.35. The van der Waals surface area contributed by atoms with Crippen molar-refractivity contribution < 1.29 is 14.3 Å². The molecule has 0 aromatic heterocycles. The van der Waals surface area contributed by atoms with Crippen LogP contribution in [-0.4, -0.2) is 37.0 Å². The number of esters is 1. The lowest BCUT2D eigenvalue weighted by Crippen LogP contribution is -2.36. The van der Waals surface area contributed by atoms with Crippen LogP contribution in [0.2, 0.25) is 0 Å². The Hall–Kier alpha value is -1.32. The summed E-state index contributed by atoms with van der Waals surface area (Å²) in [5.41, 5.74) is 0.953. The highest BCUT2D eigenvalue weighted by atomic mass is 16.5. The number of nitrogens with zero attached hydrogens (tertiary/aromatic N) is 1. The van der Waals surface area contributed by atoms with E-state index in [-0.39, 0.29) is 17.8 Å². The lowest BCUT2D eigenvalue weighted by atomic mass is 10.1. The fraction of sp³-hybridized carbons (Fsp3) is 0.667. The van der Waals surface area contributed by atoms with E-state index in [1.54, 1.807) is 17.9 Å². The molecule has 0 heterocycles. The Morgan fingerprint density at radius 3 is 2.31 bits per heavy atom. The van der Waals surface area contributed by atoms with Crippen LogP contribution >= 0.6 is 0 Å². The highest BCUT2D eigenvalue weighted by Gasteiger charge is 2.18. The van der Waals surface area contributed by atoms with Crippen LogP contribution in [0.4, 0.5) is 0 Å². The molecule has 0 aromatic carbocycles. The van der Waals surface area contributed by atoms with Crippen molar-refractivity contribution in [2.24, 2.45) is 5.92 Å². The largest absolute Gasteiger partial charge is 0.469 e. The molecule has 0 saturated heterocycles. The molecule has 0 aliphatic heterocycles. The zero-order chi connectivity index (χ0) is 12.7. The van der Waals surface area contributed by atoms with Crippen LogP contribution in [0.15, 0.2) is 11.6 Å². The summed E-state index contributed by atoms with van der Waals surface area (Å²) in [5.74, 6) is -0.638. The van der Waals surface area contributed by atoms with E-state index in [0.29, 0.717) is 13.1 Å². The number of likely N-dealkylation sites (N-methyl/N-ethyl adjacent to an activating group) is 1. The van der Waals surface area contributed by atoms with Gasteiger partial charge in [0.1, 0.15) is 0 Å². The number of hydrogen-bond acceptors (Lipinski definition) is 3. The molecule has 0 rings (SSSR count). The first-order chi connectivity index (χ1) is 7.42. The first kappa shape index (κ1) is 14.7. The van der Waals surface area contributed by atoms with Crippen LogP contribution in [-0.2, 0) is 14.3 Å². The number of methoxy groups -OCH3 is 1. The molecule has 4 nitrogen and oxygen atoms in total. The van der Waals surface area contributed by atoms with E-state index in [0.717, 1.165) is 5.57 Å². The predicted octanol–water partition coefficient (Wildman–Crippen LogP) is 1.61. The minimum atomic E-state index is -0.292. The van der Waals surface area contributed by atoms with Gasteiger partial charge >= 0.3 is 5.97 Å². The molecule has 0 bridgehead atoms. The Labute approximate surface area is 97.3 Å². The zero-order valence-electron chi connectivity index (χ0n) is 10.7. The smallest absolute Gasteiger partial charge is 0.310 e. The average molecular weight is 227 g/mol. The molecule has 16 heavy (non-hydrogen) atoms. The SMILES string of the molecule is CCN(CC(C)C(=O)OC)C(=O)C=C(C)C. The molecule has 1 atom stereocenters. The maximum Gasteiger partial charge on any atom is 0.310 e. The number of allylic oxidation sites excluding steroid dienone is 1. The fourth-order valence-corrected chi connectivity index (χ4v) is 1.32. The van der Waals surface area contributed by atoms with Gasteiger partial charge in [-0.1, -0.05) is 12.5 Å². The Bertz CT molecular complexity index is 280. The number of rotatable bonds is 5. The summed E-state index contributed by atoms with van der Waals surface area (Å²) < 4.78 is 4.63. The minimum Gasteiger partial charge on any atom is -0.469 e. The van der Waals surface area contributed by atoms with Gasteiger partial charge in [0.15, 0.2) is 0 Å². The highest BCUT2D eigenvalue weighted by Crippen LogP contribution is 2.04. The maximum atomic E-state index is 11.7. The van der Waals surface area contributed by atoms with Crippen LogP contribution in [0.3, 0.4) is 0 Å². The number of ether oxygens (including phenoxy) is 1. The third-order valence-corrected chi connectivity index (χ3v) is 2.20. The van der Waals surface area contributed by atoms with Crippen LogP contribution in [0, 0.1) is 5.92 Å². The molecule has 0 aliphatic rings. The lowest BCUT2D eigenvalue weighted by Gasteiger charge is -2.22. The van der Waals surface area contributed by atoms with Crippen LogP contribution < -0.4 is 0 Å². The summed E-state index contributed by atoms with van der Waals surface area (Å²) in [6, 6.07) is 0. The van der Waals surface area contributed by atoms with Crippen molar-refractivity contribution in [2.75, 3.05) is 20.2 Å². The van der Waals surface area contributed by atoms with Crippen molar-refractivity contribution in [3.05, 3.63) is 11.6 Å². The second-order valence-corrected chi connectivity index (χ2v) is 4.02. The summed E-state index contributed by atoms with van der Waals surface area (Å²) >= 11 is 0. The topological polar surface area (TPSA) is 46.6 Å². The van der Waals surface area contributed by atoms with Gasteiger partial charge < -0.3 is 9.64 Å². The van der Waals surface area contributed by atoms with E-state index >= 15 is 0 Å². The van der Waals surface area contributed by atoms with Gasteiger partial charge in [0.05, 0.1) is 13.0 Å². The standard InChI is InChI=1S/C12H21NO3/c1-6-13(11(14)7-9(2)3)8-10(4)12(15)16-5/h7,10H,6,8H2,1-5H3. The molecule has 0 aromatic rings. The summed E-state index contributed by atoms with van der Waals surface area (Å²) in [5, 5.41) is 0. The van der Waals surface area contributed by atoms with Gasteiger partial charge in [-0.15, -0.1) is 0 Å². The number of hydrogen-bond donors (Lipinski definition) is 0. The summed E-state index contributed by atoms with van der Waals surface area (Å²) in [6.07, 6.45) is 1.58. The van der Waals surface area contributed by atoms with Gasteiger partial charge in [0.25, 0.3) is 0 Å². The van der Waals surface area contributed by atoms with E-state index in [1.165, 1.54) is 7.11 Å². The molecular weight excluding hydrogens is 206 g/mol. The molecule has 0 aliphatic carbocycles. The minimum absolute atomic E-state index is 0.0572. The number of amides is 1. The van der Waals surface area contributed by atoms with Gasteiger partial charge in [0, 0.05) is 19.2 Å². The van der Waals surface area contributed by atoms with E-state index in [2.05, 4.69) is 4.74 Å². The third kappa shape index (κ3) is 4.96. The zero-order valence-corrected chi connectivity index (χ0v) is 10.7. The van der Waals surface area contributed by atoms with Gasteiger partial charge in [-0.25, -0.2) is 0 Å². The number of carbonyl (C=O) groups is 2. The molecule has 1 unspecified atom stereocenters. The van der Waals surface area contributed by atoms with Crippen molar-refractivity contribution in [3.63, 3.8) is 0 Å². The van der Waals surface area contributed by atoms with Crippen molar-refractivity contribution in [1.29, 1.82) is 0 Å². The molecule has 0 spiro atoms. The van der Waals surface area contributed by atoms with Crippen LogP contribution in [0.1, 0.15) is 27.7 Å². The second kappa shape index (κ2) is 7.04. The van der Waals surface area contributed by atoms with Crippen LogP contribution in [0.5, 0.6) is 0 Å². The molecule has 0 saturated carbocycles. The summed E-state index contributed by atoms with van der Waals surface area (Å²) in [6.45, 7) is 8.37. The third-order valence-electron chi connectivity index (χ3n) is 2.20. The first-order valence-corrected chi connectivity index (χ1v) is 5.44. The van der Waals surface area contributed by atoms with Crippen molar-refractivity contribution in [1.82, 2.24) is 4.90 Å². The predicted molar refractivity (Wildman–Crippen MR) is 62.9 cm³/mol. The average Bonchev–Trinajstić information content (AvgIpc) is 2.23. The normalized spacial score (nSPS) is 11.6. The van der Waals surface area contributed by atoms with Gasteiger partial charge in [-0.05, 0) is 20.8 Å². The van der Waals surface area contributed by atoms with Gasteiger partial charge in [-0.2, -0.15) is 0 Å². The van der Waals surface area contributed by atoms with Crippen LogP contribution in [0.25, 0.3) is 0 Å². The summed E-state index contributed by atoms with van der Waals surface area (Å²) in [4.78, 5) is 24.6. The van der Waals surface area contributed by atoms with E-state index in [1.807, 2.05) is 20.8 Å². The second-order valence-electron chi connectivity index (χ2n) is 4.02. The van der Waals surface area contributed by atoms with Crippen molar-refractivity contribution in [3.8, 4) is 0 Å². The highest BCUT2D eigenvalue weighted by molar-refractivity contribution is 5.88. The molecule has 4 heteroatoms.